The van der Waals surface area contributed by atoms with Crippen LogP contribution in [0.25, 0.3) is 0 Å². The summed E-state index contributed by atoms with van der Waals surface area (Å²) in [6.45, 7) is 1.36. The molecule has 1 aliphatic carbocycles. The number of aliphatic carboxylic acids is 1. The minimum Gasteiger partial charge on any atom is -0.481 e. The second-order valence-corrected chi connectivity index (χ2v) is 8.34. The van der Waals surface area contributed by atoms with E-state index in [-0.39, 0.29) is 16.4 Å². The first-order valence-corrected chi connectivity index (χ1v) is 9.00. The maximum absolute atomic E-state index is 12.2. The molecule has 3 N–H and O–H groups in total. The lowest BCUT2D eigenvalue weighted by Crippen LogP contribution is -2.44. The third-order valence-electron chi connectivity index (χ3n) is 3.89. The fraction of sp³-hybridized carbons (Fsp3) is 0.667. The summed E-state index contributed by atoms with van der Waals surface area (Å²) in [7, 11) is -3.87. The molecule has 0 spiro atoms. The molecule has 0 atom stereocenters. The number of aryl methyl sites for hydroxylation is 1. The SMILES string of the molecule is Cc1[nH]c(=O)sc1S(=O)(=O)NCC1(C(=O)O)CCCCC1. The lowest BCUT2D eigenvalue weighted by Gasteiger charge is -2.33. The highest BCUT2D eigenvalue weighted by atomic mass is 32.2. The average Bonchev–Trinajstić information content (AvgIpc) is 2.77. The van der Waals surface area contributed by atoms with Gasteiger partial charge in [0.05, 0.1) is 5.41 Å². The summed E-state index contributed by atoms with van der Waals surface area (Å²) in [6, 6.07) is 0. The molecule has 1 saturated carbocycles. The molecule has 0 radical (unpaired) electrons. The Labute approximate surface area is 126 Å². The fourth-order valence-corrected chi connectivity index (χ4v) is 5.11. The Bertz CT molecular complexity index is 683. The monoisotopic (exact) mass is 334 g/mol. The number of hydrogen-bond donors (Lipinski definition) is 3. The maximum Gasteiger partial charge on any atom is 0.310 e. The van der Waals surface area contributed by atoms with Crippen LogP contribution in [0.5, 0.6) is 0 Å². The zero-order valence-corrected chi connectivity index (χ0v) is 13.3. The molecule has 1 fully saturated rings. The van der Waals surface area contributed by atoms with Crippen molar-refractivity contribution in [2.45, 2.75) is 43.2 Å². The van der Waals surface area contributed by atoms with Crippen LogP contribution >= 0.6 is 11.3 Å². The average molecular weight is 334 g/mol. The van der Waals surface area contributed by atoms with Crippen LogP contribution in [-0.4, -0.2) is 31.0 Å². The fourth-order valence-electron chi connectivity index (χ4n) is 2.64. The summed E-state index contributed by atoms with van der Waals surface area (Å²) in [5, 5.41) is 9.43. The van der Waals surface area contributed by atoms with Crippen LogP contribution in [0.1, 0.15) is 37.8 Å². The number of carbonyl (C=O) groups is 1. The van der Waals surface area contributed by atoms with Crippen LogP contribution in [0.4, 0.5) is 0 Å². The van der Waals surface area contributed by atoms with Gasteiger partial charge in [0.15, 0.2) is 4.21 Å². The quantitative estimate of drug-likeness (QED) is 0.744. The third kappa shape index (κ3) is 3.35. The van der Waals surface area contributed by atoms with Crippen molar-refractivity contribution in [1.29, 1.82) is 0 Å². The summed E-state index contributed by atoms with van der Waals surface area (Å²) in [5.74, 6) is -0.969. The van der Waals surface area contributed by atoms with Gasteiger partial charge in [-0.1, -0.05) is 30.6 Å². The zero-order valence-electron chi connectivity index (χ0n) is 11.6. The number of H-pyrrole nitrogens is 1. The number of hydrogen-bond acceptors (Lipinski definition) is 5. The Morgan fingerprint density at radius 1 is 1.38 bits per heavy atom. The summed E-state index contributed by atoms with van der Waals surface area (Å²) < 4.78 is 26.7. The van der Waals surface area contributed by atoms with E-state index in [1.54, 1.807) is 0 Å². The largest absolute Gasteiger partial charge is 0.481 e. The van der Waals surface area contributed by atoms with Gasteiger partial charge in [0.1, 0.15) is 0 Å². The molecule has 0 bridgehead atoms. The third-order valence-corrected chi connectivity index (χ3v) is 6.90. The van der Waals surface area contributed by atoms with Gasteiger partial charge >= 0.3 is 10.8 Å². The molecule has 0 aliphatic heterocycles. The molecular formula is C12H18N2O5S2. The number of nitrogens with one attached hydrogen (secondary N) is 2. The van der Waals surface area contributed by atoms with Gasteiger partial charge in [0, 0.05) is 12.2 Å². The summed E-state index contributed by atoms with van der Waals surface area (Å²) in [5.41, 5.74) is -0.772. The van der Waals surface area contributed by atoms with Gasteiger partial charge in [-0.05, 0) is 19.8 Å². The van der Waals surface area contributed by atoms with Crippen LogP contribution in [0.15, 0.2) is 9.00 Å². The van der Waals surface area contributed by atoms with Crippen molar-refractivity contribution >= 4 is 27.3 Å². The Morgan fingerprint density at radius 2 is 2.00 bits per heavy atom. The molecule has 0 aromatic carbocycles. The molecule has 1 aliphatic rings. The van der Waals surface area contributed by atoms with Crippen molar-refractivity contribution in [3.05, 3.63) is 15.4 Å². The van der Waals surface area contributed by atoms with E-state index in [0.717, 1.165) is 19.3 Å². The molecule has 0 unspecified atom stereocenters. The Morgan fingerprint density at radius 3 is 2.48 bits per heavy atom. The van der Waals surface area contributed by atoms with Gasteiger partial charge in [0.25, 0.3) is 10.0 Å². The summed E-state index contributed by atoms with van der Waals surface area (Å²) >= 11 is 0.606. The van der Waals surface area contributed by atoms with E-state index in [1.165, 1.54) is 6.92 Å². The van der Waals surface area contributed by atoms with Crippen LogP contribution < -0.4 is 9.60 Å². The minimum atomic E-state index is -3.87. The van der Waals surface area contributed by atoms with Crippen LogP contribution in [0.2, 0.25) is 0 Å². The standard InChI is InChI=1S/C12H18N2O5S2/c1-8-9(20-11(17)14-8)21(18,19)13-7-12(10(15)16)5-3-2-4-6-12/h13H,2-7H2,1H3,(H,14,17)(H,15,16). The number of rotatable bonds is 5. The van der Waals surface area contributed by atoms with Gasteiger partial charge in [0.2, 0.25) is 0 Å². The van der Waals surface area contributed by atoms with E-state index in [9.17, 15) is 23.1 Å². The van der Waals surface area contributed by atoms with Gasteiger partial charge in [-0.15, -0.1) is 0 Å². The smallest absolute Gasteiger partial charge is 0.310 e. The molecule has 9 heteroatoms. The van der Waals surface area contributed by atoms with Crippen molar-refractivity contribution in [3.8, 4) is 0 Å². The van der Waals surface area contributed by atoms with E-state index < -0.39 is 26.3 Å². The van der Waals surface area contributed by atoms with E-state index in [0.29, 0.717) is 24.2 Å². The lowest BCUT2D eigenvalue weighted by molar-refractivity contribution is -0.150. The van der Waals surface area contributed by atoms with Crippen molar-refractivity contribution in [3.63, 3.8) is 0 Å². The molecule has 21 heavy (non-hydrogen) atoms. The van der Waals surface area contributed by atoms with E-state index in [4.69, 9.17) is 0 Å². The van der Waals surface area contributed by atoms with Gasteiger partial charge < -0.3 is 10.1 Å². The first-order chi connectivity index (χ1) is 9.77. The predicted molar refractivity (Wildman–Crippen MR) is 78.0 cm³/mol. The zero-order chi connectivity index (χ0) is 15.7. The highest BCUT2D eigenvalue weighted by molar-refractivity contribution is 7.91. The molecule has 0 amide bonds. The molecule has 1 aromatic heterocycles. The van der Waals surface area contributed by atoms with Crippen LogP contribution in [0.3, 0.4) is 0 Å². The Kier molecular flexibility index (Phi) is 4.54. The van der Waals surface area contributed by atoms with E-state index in [1.807, 2.05) is 0 Å². The normalized spacial score (nSPS) is 18.5. The first kappa shape index (κ1) is 16.2. The number of carboxylic acid groups (broad SMARTS) is 1. The minimum absolute atomic E-state index is 0.0798. The van der Waals surface area contributed by atoms with E-state index >= 15 is 0 Å². The van der Waals surface area contributed by atoms with E-state index in [2.05, 4.69) is 9.71 Å². The molecule has 1 aromatic rings. The van der Waals surface area contributed by atoms with Gasteiger partial charge in [-0.2, -0.15) is 0 Å². The number of carboxylic acids is 1. The van der Waals surface area contributed by atoms with Gasteiger partial charge in [-0.3, -0.25) is 9.59 Å². The lowest BCUT2D eigenvalue weighted by atomic mass is 9.74. The molecule has 1 heterocycles. The Hall–Kier alpha value is -1.19. The Balaban J connectivity index is 2.19. The molecule has 0 saturated heterocycles. The molecule has 118 valence electrons. The summed E-state index contributed by atoms with van der Waals surface area (Å²) in [4.78, 5) is 24.7. The van der Waals surface area contributed by atoms with Crippen molar-refractivity contribution < 1.29 is 18.3 Å². The van der Waals surface area contributed by atoms with Crippen LogP contribution in [-0.2, 0) is 14.8 Å². The predicted octanol–water partition coefficient (Wildman–Crippen LogP) is 1.06. The van der Waals surface area contributed by atoms with Crippen molar-refractivity contribution in [1.82, 2.24) is 9.71 Å². The topological polar surface area (TPSA) is 116 Å². The maximum atomic E-state index is 12.2. The highest BCUT2D eigenvalue weighted by Gasteiger charge is 2.40. The summed E-state index contributed by atoms with van der Waals surface area (Å²) in [6.07, 6.45) is 3.47. The number of thiazole rings is 1. The second-order valence-electron chi connectivity index (χ2n) is 5.40. The molecular weight excluding hydrogens is 316 g/mol. The molecule has 2 rings (SSSR count). The number of sulfonamides is 1. The highest BCUT2D eigenvalue weighted by Crippen LogP contribution is 2.36. The number of aromatic nitrogens is 1. The van der Waals surface area contributed by atoms with Crippen molar-refractivity contribution in [2.75, 3.05) is 6.54 Å². The van der Waals surface area contributed by atoms with Gasteiger partial charge in [-0.25, -0.2) is 13.1 Å². The van der Waals surface area contributed by atoms with Crippen molar-refractivity contribution in [2.24, 2.45) is 5.41 Å². The second kappa shape index (κ2) is 5.90. The van der Waals surface area contributed by atoms with Crippen LogP contribution in [0, 0.1) is 12.3 Å². The number of aromatic amines is 1. The first-order valence-electron chi connectivity index (χ1n) is 6.70. The molecule has 7 nitrogen and oxygen atoms in total.